The highest BCUT2D eigenvalue weighted by atomic mass is 16.5. The van der Waals surface area contributed by atoms with E-state index in [1.165, 1.54) is 0 Å². The first-order valence-electron chi connectivity index (χ1n) is 8.68. The Morgan fingerprint density at radius 1 is 1.07 bits per heavy atom. The van der Waals surface area contributed by atoms with E-state index >= 15 is 0 Å². The molecule has 6 nitrogen and oxygen atoms in total. The minimum Gasteiger partial charge on any atom is -0.477 e. The van der Waals surface area contributed by atoms with E-state index in [0.29, 0.717) is 23.7 Å². The predicted octanol–water partition coefficient (Wildman–Crippen LogP) is 4.06. The Morgan fingerprint density at radius 2 is 1.81 bits per heavy atom. The van der Waals surface area contributed by atoms with Crippen molar-refractivity contribution in [1.82, 2.24) is 20.0 Å². The summed E-state index contributed by atoms with van der Waals surface area (Å²) < 4.78 is 7.40. The lowest BCUT2D eigenvalue weighted by molar-refractivity contribution is 0.325. The molecule has 0 saturated carbocycles. The molecule has 0 unspecified atom stereocenters. The molecule has 2 aromatic carbocycles. The fraction of sp³-hybridized carbons (Fsp3) is 0.143. The summed E-state index contributed by atoms with van der Waals surface area (Å²) in [5.74, 6) is 0.338. The average Bonchev–Trinajstić information content (AvgIpc) is 3.12. The summed E-state index contributed by atoms with van der Waals surface area (Å²) >= 11 is 0. The summed E-state index contributed by atoms with van der Waals surface area (Å²) in [7, 11) is 0. The quantitative estimate of drug-likeness (QED) is 0.552. The third-order valence-electron chi connectivity index (χ3n) is 4.33. The molecule has 2 aromatic heterocycles. The molecule has 27 heavy (non-hydrogen) atoms. The normalized spacial score (nSPS) is 10.7. The Balaban J connectivity index is 2.12. The van der Waals surface area contributed by atoms with Crippen molar-refractivity contribution in [1.29, 1.82) is 5.26 Å². The van der Waals surface area contributed by atoms with Crippen LogP contribution < -0.4 is 4.74 Å². The molecule has 0 radical (unpaired) electrons. The molecule has 0 bridgehead atoms. The monoisotopic (exact) mass is 355 g/mol. The van der Waals surface area contributed by atoms with E-state index in [0.717, 1.165) is 27.8 Å². The molecule has 0 spiro atoms. The lowest BCUT2D eigenvalue weighted by atomic mass is 9.98. The molecule has 0 aliphatic rings. The molecule has 0 N–H and O–H groups in total. The summed E-state index contributed by atoms with van der Waals surface area (Å²) in [6, 6.07) is 19.7. The molecule has 4 rings (SSSR count). The lowest BCUT2D eigenvalue weighted by Gasteiger charge is -2.17. The van der Waals surface area contributed by atoms with Gasteiger partial charge in [0.2, 0.25) is 5.88 Å². The number of pyridine rings is 1. The second-order valence-electron chi connectivity index (χ2n) is 6.00. The Labute approximate surface area is 156 Å². The van der Waals surface area contributed by atoms with Crippen molar-refractivity contribution < 1.29 is 4.74 Å². The van der Waals surface area contributed by atoms with Crippen LogP contribution in [0.5, 0.6) is 5.88 Å². The van der Waals surface area contributed by atoms with E-state index in [4.69, 9.17) is 4.74 Å². The number of nitriles is 1. The van der Waals surface area contributed by atoms with Crippen LogP contribution in [0.3, 0.4) is 0 Å². The Kier molecular flexibility index (Phi) is 4.27. The number of benzene rings is 2. The standard InChI is InChI=1S/C21H17N5O/c1-3-27-21-16(13-22)19(15-9-5-4-6-10-15)20(14(2)23-21)26-18-12-8-7-11-17(18)24-25-26/h4-12H,3H2,1-2H3. The van der Waals surface area contributed by atoms with E-state index in [1.54, 1.807) is 4.68 Å². The molecule has 132 valence electrons. The summed E-state index contributed by atoms with van der Waals surface area (Å²) in [5.41, 5.74) is 5.11. The van der Waals surface area contributed by atoms with Gasteiger partial charge in [0.1, 0.15) is 17.1 Å². The molecule has 4 aromatic rings. The fourth-order valence-electron chi connectivity index (χ4n) is 3.19. The molecular formula is C21H17N5O. The van der Waals surface area contributed by atoms with Gasteiger partial charge in [0, 0.05) is 5.56 Å². The van der Waals surface area contributed by atoms with Gasteiger partial charge in [-0.1, -0.05) is 47.7 Å². The first kappa shape index (κ1) is 16.7. The van der Waals surface area contributed by atoms with Crippen molar-refractivity contribution in [3.05, 3.63) is 65.9 Å². The van der Waals surface area contributed by atoms with E-state index in [1.807, 2.05) is 68.4 Å². The number of fused-ring (bicyclic) bond motifs is 1. The molecular weight excluding hydrogens is 338 g/mol. The van der Waals surface area contributed by atoms with Gasteiger partial charge in [0.25, 0.3) is 0 Å². The maximum Gasteiger partial charge on any atom is 0.232 e. The zero-order valence-electron chi connectivity index (χ0n) is 15.0. The number of hydrogen-bond acceptors (Lipinski definition) is 5. The van der Waals surface area contributed by atoms with Crippen LogP contribution in [-0.2, 0) is 0 Å². The van der Waals surface area contributed by atoms with Gasteiger partial charge < -0.3 is 4.74 Å². The Bertz CT molecular complexity index is 1160. The van der Waals surface area contributed by atoms with Crippen LogP contribution in [0.1, 0.15) is 18.2 Å². The minimum absolute atomic E-state index is 0.338. The first-order valence-corrected chi connectivity index (χ1v) is 8.68. The molecule has 0 aliphatic heterocycles. The summed E-state index contributed by atoms with van der Waals surface area (Å²) in [5, 5.41) is 18.5. The predicted molar refractivity (Wildman–Crippen MR) is 103 cm³/mol. The highest BCUT2D eigenvalue weighted by Gasteiger charge is 2.23. The molecule has 0 amide bonds. The number of aryl methyl sites for hydroxylation is 1. The maximum absolute atomic E-state index is 9.90. The van der Waals surface area contributed by atoms with Crippen LogP contribution in [0.15, 0.2) is 54.6 Å². The zero-order valence-corrected chi connectivity index (χ0v) is 15.0. The molecule has 2 heterocycles. The van der Waals surface area contributed by atoms with Gasteiger partial charge in [-0.2, -0.15) is 5.26 Å². The molecule has 0 atom stereocenters. The van der Waals surface area contributed by atoms with Crippen LogP contribution in [0.2, 0.25) is 0 Å². The third-order valence-corrected chi connectivity index (χ3v) is 4.33. The molecule has 6 heteroatoms. The van der Waals surface area contributed by atoms with Crippen LogP contribution in [0.25, 0.3) is 27.8 Å². The van der Waals surface area contributed by atoms with Crippen molar-refractivity contribution in [3.8, 4) is 28.8 Å². The van der Waals surface area contributed by atoms with Crippen molar-refractivity contribution in [3.63, 3.8) is 0 Å². The van der Waals surface area contributed by atoms with Gasteiger partial charge in [-0.15, -0.1) is 5.10 Å². The van der Waals surface area contributed by atoms with Gasteiger partial charge in [-0.05, 0) is 31.5 Å². The van der Waals surface area contributed by atoms with E-state index in [2.05, 4.69) is 21.4 Å². The van der Waals surface area contributed by atoms with E-state index < -0.39 is 0 Å². The SMILES string of the molecule is CCOc1nc(C)c(-n2nnc3ccccc32)c(-c2ccccc2)c1C#N. The van der Waals surface area contributed by atoms with Crippen LogP contribution in [-0.4, -0.2) is 26.6 Å². The largest absolute Gasteiger partial charge is 0.477 e. The van der Waals surface area contributed by atoms with Crippen molar-refractivity contribution in [2.24, 2.45) is 0 Å². The number of ether oxygens (including phenoxy) is 1. The van der Waals surface area contributed by atoms with Crippen molar-refractivity contribution in [2.45, 2.75) is 13.8 Å². The first-order chi connectivity index (χ1) is 13.2. The second-order valence-corrected chi connectivity index (χ2v) is 6.00. The van der Waals surface area contributed by atoms with Gasteiger partial charge in [-0.25, -0.2) is 9.67 Å². The Morgan fingerprint density at radius 3 is 2.56 bits per heavy atom. The van der Waals surface area contributed by atoms with Gasteiger partial charge in [-0.3, -0.25) is 0 Å². The van der Waals surface area contributed by atoms with Crippen LogP contribution in [0, 0.1) is 18.3 Å². The van der Waals surface area contributed by atoms with E-state index in [-0.39, 0.29) is 0 Å². The highest BCUT2D eigenvalue weighted by molar-refractivity contribution is 5.85. The second kappa shape index (κ2) is 6.89. The number of rotatable bonds is 4. The molecule has 0 saturated heterocycles. The zero-order chi connectivity index (χ0) is 18.8. The smallest absolute Gasteiger partial charge is 0.232 e. The summed E-state index contributed by atoms with van der Waals surface area (Å²) in [6.45, 7) is 4.20. The van der Waals surface area contributed by atoms with Crippen LogP contribution in [0.4, 0.5) is 0 Å². The van der Waals surface area contributed by atoms with Gasteiger partial charge in [0.15, 0.2) is 0 Å². The molecule has 0 fully saturated rings. The third kappa shape index (κ3) is 2.79. The van der Waals surface area contributed by atoms with Crippen molar-refractivity contribution >= 4 is 11.0 Å². The van der Waals surface area contributed by atoms with Gasteiger partial charge >= 0.3 is 0 Å². The summed E-state index contributed by atoms with van der Waals surface area (Å²) in [6.07, 6.45) is 0. The van der Waals surface area contributed by atoms with Crippen LogP contribution >= 0.6 is 0 Å². The topological polar surface area (TPSA) is 76.6 Å². The van der Waals surface area contributed by atoms with E-state index in [9.17, 15) is 5.26 Å². The highest BCUT2D eigenvalue weighted by Crippen LogP contribution is 2.37. The summed E-state index contributed by atoms with van der Waals surface area (Å²) in [4.78, 5) is 4.55. The number of aromatic nitrogens is 4. The number of hydrogen-bond donors (Lipinski definition) is 0. The van der Waals surface area contributed by atoms with Crippen molar-refractivity contribution in [2.75, 3.05) is 6.61 Å². The fourth-order valence-corrected chi connectivity index (χ4v) is 3.19. The average molecular weight is 355 g/mol. The molecule has 0 aliphatic carbocycles. The maximum atomic E-state index is 9.90. The number of nitrogens with zero attached hydrogens (tertiary/aromatic N) is 5. The number of para-hydroxylation sites is 1. The van der Waals surface area contributed by atoms with Gasteiger partial charge in [0.05, 0.1) is 23.5 Å². The Hall–Kier alpha value is -3.72. The lowest BCUT2D eigenvalue weighted by Crippen LogP contribution is -2.09. The minimum atomic E-state index is 0.338.